The number of carbonyl (C=O) groups excluding carboxylic acids is 2. The van der Waals surface area contributed by atoms with Gasteiger partial charge >= 0.3 is 0 Å². The molecule has 2 heterocycles. The minimum Gasteiger partial charge on any atom is -0.432 e. The number of amides is 1. The van der Waals surface area contributed by atoms with E-state index in [0.717, 1.165) is 11.1 Å². The van der Waals surface area contributed by atoms with Crippen LogP contribution in [0.4, 0.5) is 5.69 Å². The SMILES string of the molecule is CC(=O)Nc1c(C(C)=O)oc2nc(-c3ccc(Cl)cc3Cl)c(-c3ccc(Cl)cc3)cc12. The summed E-state index contributed by atoms with van der Waals surface area (Å²) in [7, 11) is 0. The second kappa shape index (κ2) is 8.35. The average molecular weight is 474 g/mol. The minimum atomic E-state index is -0.333. The largest absolute Gasteiger partial charge is 0.432 e. The molecule has 1 N–H and O–H groups in total. The maximum absolute atomic E-state index is 12.1. The monoisotopic (exact) mass is 472 g/mol. The molecule has 0 saturated carbocycles. The zero-order valence-electron chi connectivity index (χ0n) is 16.4. The minimum absolute atomic E-state index is 0.0270. The zero-order chi connectivity index (χ0) is 22.3. The van der Waals surface area contributed by atoms with Crippen LogP contribution in [-0.4, -0.2) is 16.7 Å². The quantitative estimate of drug-likeness (QED) is 0.316. The summed E-state index contributed by atoms with van der Waals surface area (Å²) in [6.45, 7) is 2.72. The number of anilines is 1. The molecular formula is C23H15Cl3N2O3. The van der Waals surface area contributed by atoms with Gasteiger partial charge in [0, 0.05) is 35.0 Å². The lowest BCUT2D eigenvalue weighted by Crippen LogP contribution is -2.08. The summed E-state index contributed by atoms with van der Waals surface area (Å²) in [6, 6.07) is 14.1. The maximum atomic E-state index is 12.1. The summed E-state index contributed by atoms with van der Waals surface area (Å²) in [5.41, 5.74) is 3.20. The summed E-state index contributed by atoms with van der Waals surface area (Å²) < 4.78 is 5.73. The number of fused-ring (bicyclic) bond motifs is 1. The van der Waals surface area contributed by atoms with E-state index in [-0.39, 0.29) is 28.9 Å². The number of pyridine rings is 1. The Bertz CT molecular complexity index is 1340. The van der Waals surface area contributed by atoms with Crippen LogP contribution >= 0.6 is 34.8 Å². The Hall–Kier alpha value is -2.86. The molecule has 0 aliphatic heterocycles. The van der Waals surface area contributed by atoms with E-state index in [0.29, 0.717) is 31.7 Å². The van der Waals surface area contributed by atoms with Crippen molar-refractivity contribution in [3.63, 3.8) is 0 Å². The second-order valence-corrected chi connectivity index (χ2v) is 8.19. The first kappa shape index (κ1) is 21.4. The predicted octanol–water partition coefficient (Wildman–Crippen LogP) is 7.28. The number of hydrogen-bond donors (Lipinski definition) is 1. The van der Waals surface area contributed by atoms with E-state index in [1.54, 1.807) is 30.3 Å². The fourth-order valence-electron chi connectivity index (χ4n) is 3.31. The molecule has 8 heteroatoms. The lowest BCUT2D eigenvalue weighted by molar-refractivity contribution is -0.114. The van der Waals surface area contributed by atoms with E-state index in [1.165, 1.54) is 13.8 Å². The van der Waals surface area contributed by atoms with Crippen LogP contribution in [0, 0.1) is 0 Å². The van der Waals surface area contributed by atoms with Crippen LogP contribution in [0.3, 0.4) is 0 Å². The predicted molar refractivity (Wildman–Crippen MR) is 124 cm³/mol. The third-order valence-electron chi connectivity index (χ3n) is 4.64. The van der Waals surface area contributed by atoms with Gasteiger partial charge in [-0.1, -0.05) is 46.9 Å². The normalized spacial score (nSPS) is 11.0. The van der Waals surface area contributed by atoms with Crippen molar-refractivity contribution in [1.29, 1.82) is 0 Å². The summed E-state index contributed by atoms with van der Waals surface area (Å²) in [6.07, 6.45) is 0. The third-order valence-corrected chi connectivity index (χ3v) is 5.44. The third kappa shape index (κ3) is 4.17. The number of ketones is 1. The van der Waals surface area contributed by atoms with Crippen molar-refractivity contribution in [2.45, 2.75) is 13.8 Å². The Kier molecular flexibility index (Phi) is 5.75. The van der Waals surface area contributed by atoms with Crippen LogP contribution in [0.25, 0.3) is 33.5 Å². The number of rotatable bonds is 4. The molecule has 0 atom stereocenters. The molecule has 0 aliphatic carbocycles. The highest BCUT2D eigenvalue weighted by molar-refractivity contribution is 6.36. The van der Waals surface area contributed by atoms with Crippen molar-refractivity contribution in [1.82, 2.24) is 4.98 Å². The molecule has 4 aromatic rings. The average Bonchev–Trinajstić information content (AvgIpc) is 3.05. The van der Waals surface area contributed by atoms with Crippen molar-refractivity contribution >= 4 is 63.3 Å². The van der Waals surface area contributed by atoms with Crippen LogP contribution in [-0.2, 0) is 4.79 Å². The molecule has 0 fully saturated rings. The van der Waals surface area contributed by atoms with Crippen LogP contribution in [0.5, 0.6) is 0 Å². The summed E-state index contributed by atoms with van der Waals surface area (Å²) in [4.78, 5) is 28.6. The van der Waals surface area contributed by atoms with Gasteiger partial charge in [0.1, 0.15) is 5.69 Å². The molecule has 156 valence electrons. The second-order valence-electron chi connectivity index (χ2n) is 6.91. The van der Waals surface area contributed by atoms with Crippen molar-refractivity contribution < 1.29 is 14.0 Å². The molecule has 0 spiro atoms. The molecule has 0 aliphatic rings. The number of nitrogens with zero attached hydrogens (tertiary/aromatic N) is 1. The summed E-state index contributed by atoms with van der Waals surface area (Å²) in [5.74, 6) is -0.636. The molecule has 4 rings (SSSR count). The standard InChI is InChI=1S/C23H15Cl3N2O3/c1-11(29)22-21(27-12(2)30)18-10-17(13-3-5-14(24)6-4-13)20(28-23(18)31-22)16-8-7-15(25)9-19(16)26/h3-10H,1-2H3,(H,27,30). The topological polar surface area (TPSA) is 72.2 Å². The number of hydrogen-bond acceptors (Lipinski definition) is 4. The number of benzene rings is 2. The van der Waals surface area contributed by atoms with Gasteiger partial charge in [-0.3, -0.25) is 9.59 Å². The highest BCUT2D eigenvalue weighted by Gasteiger charge is 2.23. The Labute approximate surface area is 192 Å². The fraction of sp³-hybridized carbons (Fsp3) is 0.0870. The fourth-order valence-corrected chi connectivity index (χ4v) is 3.93. The van der Waals surface area contributed by atoms with Gasteiger partial charge < -0.3 is 9.73 Å². The number of furan rings is 1. The number of halogens is 3. The van der Waals surface area contributed by atoms with Gasteiger partial charge in [-0.05, 0) is 42.0 Å². The zero-order valence-corrected chi connectivity index (χ0v) is 18.7. The van der Waals surface area contributed by atoms with Gasteiger partial charge in [0.05, 0.1) is 16.1 Å². The van der Waals surface area contributed by atoms with Crippen LogP contribution in [0.15, 0.2) is 52.9 Å². The number of carbonyl (C=O) groups is 2. The van der Waals surface area contributed by atoms with Gasteiger partial charge in [0.15, 0.2) is 11.5 Å². The smallest absolute Gasteiger partial charge is 0.229 e. The number of nitrogens with one attached hydrogen (secondary N) is 1. The summed E-state index contributed by atoms with van der Waals surface area (Å²) in [5, 5.41) is 4.68. The lowest BCUT2D eigenvalue weighted by atomic mass is 9.98. The number of Topliss-reactive ketones (excluding diaryl/α,β-unsaturated/α-hetero) is 1. The molecule has 1 amide bonds. The first-order chi connectivity index (χ1) is 14.7. The number of aromatic nitrogens is 1. The van der Waals surface area contributed by atoms with E-state index < -0.39 is 0 Å². The molecule has 2 aromatic carbocycles. The Morgan fingerprint density at radius 1 is 0.903 bits per heavy atom. The molecule has 0 radical (unpaired) electrons. The van der Waals surface area contributed by atoms with Crippen molar-refractivity contribution in [3.8, 4) is 22.4 Å². The first-order valence-electron chi connectivity index (χ1n) is 9.22. The maximum Gasteiger partial charge on any atom is 0.229 e. The van der Waals surface area contributed by atoms with Crippen LogP contribution in [0.1, 0.15) is 24.4 Å². The Morgan fingerprint density at radius 3 is 2.19 bits per heavy atom. The highest BCUT2D eigenvalue weighted by Crippen LogP contribution is 2.41. The van der Waals surface area contributed by atoms with E-state index in [9.17, 15) is 9.59 Å². The summed E-state index contributed by atoms with van der Waals surface area (Å²) >= 11 is 18.6. The molecule has 31 heavy (non-hydrogen) atoms. The molecule has 0 unspecified atom stereocenters. The Balaban J connectivity index is 2.07. The van der Waals surface area contributed by atoms with Crippen LogP contribution < -0.4 is 5.32 Å². The van der Waals surface area contributed by atoms with Crippen molar-refractivity contribution in [3.05, 3.63) is 69.4 Å². The highest BCUT2D eigenvalue weighted by atomic mass is 35.5. The van der Waals surface area contributed by atoms with Crippen molar-refractivity contribution in [2.24, 2.45) is 0 Å². The lowest BCUT2D eigenvalue weighted by Gasteiger charge is -2.12. The molecule has 0 bridgehead atoms. The van der Waals surface area contributed by atoms with Gasteiger partial charge in [-0.25, -0.2) is 4.98 Å². The van der Waals surface area contributed by atoms with E-state index in [4.69, 9.17) is 39.2 Å². The molecule has 0 saturated heterocycles. The van der Waals surface area contributed by atoms with E-state index in [2.05, 4.69) is 10.3 Å². The Morgan fingerprint density at radius 2 is 1.58 bits per heavy atom. The van der Waals surface area contributed by atoms with E-state index >= 15 is 0 Å². The van der Waals surface area contributed by atoms with Gasteiger partial charge in [-0.15, -0.1) is 0 Å². The van der Waals surface area contributed by atoms with Gasteiger partial charge in [0.2, 0.25) is 11.6 Å². The molecule has 2 aromatic heterocycles. The van der Waals surface area contributed by atoms with E-state index in [1.807, 2.05) is 18.2 Å². The van der Waals surface area contributed by atoms with Crippen molar-refractivity contribution in [2.75, 3.05) is 5.32 Å². The molecule has 5 nitrogen and oxygen atoms in total. The van der Waals surface area contributed by atoms with Gasteiger partial charge in [0.25, 0.3) is 0 Å². The van der Waals surface area contributed by atoms with Gasteiger partial charge in [-0.2, -0.15) is 0 Å². The molecular weight excluding hydrogens is 459 g/mol. The first-order valence-corrected chi connectivity index (χ1v) is 10.4. The van der Waals surface area contributed by atoms with Crippen LogP contribution in [0.2, 0.25) is 15.1 Å².